The molecule has 0 fully saturated rings. The Balaban J connectivity index is 3.11. The van der Waals surface area contributed by atoms with Gasteiger partial charge in [-0.25, -0.2) is 4.79 Å². The van der Waals surface area contributed by atoms with Gasteiger partial charge in [0.05, 0.1) is 12.1 Å². The predicted molar refractivity (Wildman–Crippen MR) is 127 cm³/mol. The molecule has 33 heavy (non-hydrogen) atoms. The maximum atomic E-state index is 13.0. The molecule has 1 aromatic carbocycles. The third kappa shape index (κ3) is 9.03. The van der Waals surface area contributed by atoms with E-state index in [2.05, 4.69) is 28.6 Å². The number of carbonyl (C=O) groups excluding carboxylic acids is 3. The van der Waals surface area contributed by atoms with Crippen molar-refractivity contribution in [2.75, 3.05) is 5.75 Å². The van der Waals surface area contributed by atoms with Gasteiger partial charge in [-0.2, -0.15) is 12.6 Å². The lowest BCUT2D eigenvalue weighted by molar-refractivity contribution is -0.144. The van der Waals surface area contributed by atoms with Crippen molar-refractivity contribution < 1.29 is 29.4 Å². The second kappa shape index (κ2) is 13.8. The third-order valence-electron chi connectivity index (χ3n) is 5.29. The Hall–Kier alpha value is -2.63. The van der Waals surface area contributed by atoms with Crippen molar-refractivity contribution in [3.8, 4) is 0 Å². The number of benzene rings is 1. The van der Waals surface area contributed by atoms with E-state index in [1.807, 2.05) is 0 Å². The molecule has 184 valence electrons. The molecule has 6 atom stereocenters. The van der Waals surface area contributed by atoms with Crippen molar-refractivity contribution in [1.29, 1.82) is 0 Å². The van der Waals surface area contributed by atoms with Crippen LogP contribution in [0.1, 0.15) is 32.8 Å². The molecule has 1 rings (SSSR count). The van der Waals surface area contributed by atoms with E-state index in [1.54, 1.807) is 44.2 Å². The van der Waals surface area contributed by atoms with Crippen molar-refractivity contribution in [2.24, 2.45) is 11.7 Å². The van der Waals surface area contributed by atoms with Gasteiger partial charge in [-0.1, -0.05) is 50.6 Å². The summed E-state index contributed by atoms with van der Waals surface area (Å²) in [6, 6.07) is 4.19. The number of nitrogens with one attached hydrogen (secondary N) is 3. The maximum absolute atomic E-state index is 13.0. The predicted octanol–water partition coefficient (Wildman–Crippen LogP) is -0.548. The van der Waals surface area contributed by atoms with E-state index in [9.17, 15) is 29.4 Å². The molecular formula is C22H34N4O6S. The van der Waals surface area contributed by atoms with Gasteiger partial charge in [-0.15, -0.1) is 0 Å². The molecule has 0 aromatic heterocycles. The summed E-state index contributed by atoms with van der Waals surface area (Å²) >= 11 is 3.94. The molecule has 11 heteroatoms. The summed E-state index contributed by atoms with van der Waals surface area (Å²) in [5.74, 6) is -3.67. The van der Waals surface area contributed by atoms with Crippen molar-refractivity contribution in [2.45, 2.75) is 63.9 Å². The van der Waals surface area contributed by atoms with E-state index >= 15 is 0 Å². The fraction of sp³-hybridized carbons (Fsp3) is 0.545. The summed E-state index contributed by atoms with van der Waals surface area (Å²) < 4.78 is 0. The van der Waals surface area contributed by atoms with E-state index in [0.29, 0.717) is 6.42 Å². The van der Waals surface area contributed by atoms with Gasteiger partial charge in [0, 0.05) is 12.2 Å². The van der Waals surface area contributed by atoms with Crippen molar-refractivity contribution in [1.82, 2.24) is 16.0 Å². The molecule has 3 amide bonds. The highest BCUT2D eigenvalue weighted by atomic mass is 32.1. The van der Waals surface area contributed by atoms with Crippen LogP contribution in [0.2, 0.25) is 0 Å². The van der Waals surface area contributed by atoms with E-state index in [1.165, 1.54) is 6.92 Å². The number of aliphatic hydroxyl groups excluding tert-OH is 1. The van der Waals surface area contributed by atoms with E-state index in [-0.39, 0.29) is 18.1 Å². The van der Waals surface area contributed by atoms with Crippen LogP contribution in [0, 0.1) is 5.92 Å². The summed E-state index contributed by atoms with van der Waals surface area (Å²) in [5, 5.41) is 26.9. The summed E-state index contributed by atoms with van der Waals surface area (Å²) in [7, 11) is 0. The average Bonchev–Trinajstić information content (AvgIpc) is 2.79. The van der Waals surface area contributed by atoms with Crippen LogP contribution in [0.25, 0.3) is 0 Å². The molecule has 7 N–H and O–H groups in total. The number of rotatable bonds is 13. The van der Waals surface area contributed by atoms with Gasteiger partial charge in [0.2, 0.25) is 17.7 Å². The van der Waals surface area contributed by atoms with E-state index in [4.69, 9.17) is 5.73 Å². The minimum Gasteiger partial charge on any atom is -0.480 e. The van der Waals surface area contributed by atoms with E-state index in [0.717, 1.165) is 5.56 Å². The highest BCUT2D eigenvalue weighted by Gasteiger charge is 2.33. The number of amides is 3. The smallest absolute Gasteiger partial charge is 0.326 e. The molecule has 0 bridgehead atoms. The average molecular weight is 483 g/mol. The monoisotopic (exact) mass is 482 g/mol. The summed E-state index contributed by atoms with van der Waals surface area (Å²) in [6.45, 7) is 4.82. The lowest BCUT2D eigenvalue weighted by Crippen LogP contribution is -2.60. The maximum Gasteiger partial charge on any atom is 0.326 e. The number of carboxylic acid groups (broad SMARTS) is 1. The zero-order valence-electron chi connectivity index (χ0n) is 19.0. The van der Waals surface area contributed by atoms with Crippen LogP contribution in [0.5, 0.6) is 0 Å². The summed E-state index contributed by atoms with van der Waals surface area (Å²) in [5.41, 5.74) is 6.34. The number of carboxylic acids is 1. The van der Waals surface area contributed by atoms with Gasteiger partial charge in [-0.05, 0) is 18.4 Å². The number of carbonyl (C=O) groups is 4. The quantitative estimate of drug-likeness (QED) is 0.185. The SMILES string of the molecule is CCC(C)C(NC(=O)C(Cc1ccccc1)NC(=O)C(NC(=O)C(N)CS)C(C)O)C(=O)O. The highest BCUT2D eigenvalue weighted by molar-refractivity contribution is 7.80. The van der Waals surface area contributed by atoms with Crippen molar-refractivity contribution in [3.05, 3.63) is 35.9 Å². The van der Waals surface area contributed by atoms with Gasteiger partial charge in [0.15, 0.2) is 0 Å². The first kappa shape index (κ1) is 28.4. The van der Waals surface area contributed by atoms with Gasteiger partial charge >= 0.3 is 5.97 Å². The van der Waals surface area contributed by atoms with E-state index < -0.39 is 54.0 Å². The topological polar surface area (TPSA) is 171 Å². The lowest BCUT2D eigenvalue weighted by Gasteiger charge is -2.27. The Morgan fingerprint density at radius 2 is 1.55 bits per heavy atom. The lowest BCUT2D eigenvalue weighted by atomic mass is 9.98. The van der Waals surface area contributed by atoms with Crippen molar-refractivity contribution in [3.63, 3.8) is 0 Å². The third-order valence-corrected chi connectivity index (χ3v) is 5.68. The molecule has 0 aliphatic carbocycles. The zero-order valence-corrected chi connectivity index (χ0v) is 19.9. The standard InChI is InChI=1S/C22H34N4O6S/c1-4-12(2)17(22(31)32)25-20(29)16(10-14-8-6-5-7-9-14)24-21(30)18(13(3)27)26-19(28)15(23)11-33/h5-9,12-13,15-18,27,33H,4,10-11,23H2,1-3H3,(H,24,30)(H,25,29)(H,26,28)(H,31,32). The molecule has 0 saturated heterocycles. The van der Waals surface area contributed by atoms with Crippen LogP contribution in [0.3, 0.4) is 0 Å². The molecule has 0 saturated carbocycles. The van der Waals surface area contributed by atoms with Crippen LogP contribution in [0.4, 0.5) is 0 Å². The molecule has 0 aliphatic rings. The molecule has 0 aliphatic heterocycles. The summed E-state index contributed by atoms with van der Waals surface area (Å²) in [6.07, 6.45) is -0.690. The molecule has 6 unspecified atom stereocenters. The van der Waals surface area contributed by atoms with Gasteiger partial charge < -0.3 is 31.9 Å². The Morgan fingerprint density at radius 3 is 2.03 bits per heavy atom. The molecule has 0 heterocycles. The van der Waals surface area contributed by atoms with Crippen LogP contribution in [-0.4, -0.2) is 69.9 Å². The number of nitrogens with two attached hydrogens (primary N) is 1. The number of aliphatic carboxylic acids is 1. The first-order chi connectivity index (χ1) is 15.5. The number of hydrogen-bond donors (Lipinski definition) is 7. The number of hydrogen-bond acceptors (Lipinski definition) is 7. The summed E-state index contributed by atoms with van der Waals surface area (Å²) in [4.78, 5) is 49.7. The van der Waals surface area contributed by atoms with Gasteiger partial charge in [0.1, 0.15) is 18.1 Å². The first-order valence-corrected chi connectivity index (χ1v) is 11.4. The van der Waals surface area contributed by atoms with Crippen LogP contribution < -0.4 is 21.7 Å². The minimum absolute atomic E-state index is 0.0329. The zero-order chi connectivity index (χ0) is 25.1. The number of thiol groups is 1. The van der Waals surface area contributed by atoms with Gasteiger partial charge in [0.25, 0.3) is 0 Å². The molecule has 0 radical (unpaired) electrons. The Labute approximate surface area is 199 Å². The first-order valence-electron chi connectivity index (χ1n) is 10.7. The number of aliphatic hydroxyl groups is 1. The normalized spacial score (nSPS) is 16.4. The van der Waals surface area contributed by atoms with Crippen molar-refractivity contribution >= 4 is 36.3 Å². The molecule has 0 spiro atoms. The fourth-order valence-electron chi connectivity index (χ4n) is 3.01. The van der Waals surface area contributed by atoms with Crippen LogP contribution >= 0.6 is 12.6 Å². The highest BCUT2D eigenvalue weighted by Crippen LogP contribution is 2.10. The second-order valence-corrected chi connectivity index (χ2v) is 8.34. The largest absolute Gasteiger partial charge is 0.480 e. The molecule has 1 aromatic rings. The Bertz CT molecular complexity index is 807. The molecular weight excluding hydrogens is 448 g/mol. The minimum atomic E-state index is -1.38. The van der Waals surface area contributed by atoms with Gasteiger partial charge in [-0.3, -0.25) is 14.4 Å². The fourth-order valence-corrected chi connectivity index (χ4v) is 3.17. The second-order valence-electron chi connectivity index (χ2n) is 7.98. The van der Waals surface area contributed by atoms with Crippen LogP contribution in [0.15, 0.2) is 30.3 Å². The Kier molecular flexibility index (Phi) is 11.9. The Morgan fingerprint density at radius 1 is 0.970 bits per heavy atom. The molecule has 10 nitrogen and oxygen atoms in total. The van der Waals surface area contributed by atoms with Crippen LogP contribution in [-0.2, 0) is 25.6 Å².